The molecular weight excluding hydrogens is 274 g/mol. The summed E-state index contributed by atoms with van der Waals surface area (Å²) in [6.07, 6.45) is 5.41. The van der Waals surface area contributed by atoms with Gasteiger partial charge in [-0.3, -0.25) is 9.55 Å². The molecule has 3 heterocycles. The van der Waals surface area contributed by atoms with Crippen molar-refractivity contribution in [2.24, 2.45) is 0 Å². The zero-order valence-electron chi connectivity index (χ0n) is 12.0. The van der Waals surface area contributed by atoms with E-state index in [1.54, 1.807) is 12.5 Å². The maximum absolute atomic E-state index is 4.61. The van der Waals surface area contributed by atoms with Gasteiger partial charge in [-0.25, -0.2) is 15.0 Å². The van der Waals surface area contributed by atoms with E-state index in [4.69, 9.17) is 0 Å². The Morgan fingerprint density at radius 3 is 2.55 bits per heavy atom. The van der Waals surface area contributed by atoms with Crippen LogP contribution in [0, 0.1) is 6.92 Å². The zero-order valence-corrected chi connectivity index (χ0v) is 12.0. The van der Waals surface area contributed by atoms with Gasteiger partial charge in [-0.2, -0.15) is 0 Å². The summed E-state index contributed by atoms with van der Waals surface area (Å²) in [5, 5.41) is 0. The first kappa shape index (κ1) is 12.6. The van der Waals surface area contributed by atoms with Crippen LogP contribution in [0.25, 0.3) is 28.2 Å². The highest BCUT2D eigenvalue weighted by Crippen LogP contribution is 2.18. The van der Waals surface area contributed by atoms with Crippen LogP contribution >= 0.6 is 0 Å². The average Bonchev–Trinajstić information content (AvgIpc) is 3.04. The van der Waals surface area contributed by atoms with Crippen molar-refractivity contribution in [2.75, 3.05) is 0 Å². The molecule has 0 unspecified atom stereocenters. The average molecular weight is 287 g/mol. The standard InChI is InChI=1S/C17H13N5/c1-12-5-4-8-17(20-12)22-10-16(19-11-22)15-9-18-13-6-2-3-7-14(13)21-15/h2-11H,1H3. The van der Waals surface area contributed by atoms with Crippen LogP contribution < -0.4 is 0 Å². The molecule has 4 aromatic rings. The van der Waals surface area contributed by atoms with E-state index in [9.17, 15) is 0 Å². The predicted octanol–water partition coefficient (Wildman–Crippen LogP) is 3.19. The summed E-state index contributed by atoms with van der Waals surface area (Å²) >= 11 is 0. The minimum atomic E-state index is 0.755. The van der Waals surface area contributed by atoms with Gasteiger partial charge in [0.2, 0.25) is 0 Å². The lowest BCUT2D eigenvalue weighted by Gasteiger charge is -2.01. The quantitative estimate of drug-likeness (QED) is 0.568. The monoisotopic (exact) mass is 287 g/mol. The molecule has 0 bridgehead atoms. The largest absolute Gasteiger partial charge is 0.290 e. The smallest absolute Gasteiger partial charge is 0.138 e. The molecule has 0 saturated heterocycles. The van der Waals surface area contributed by atoms with Crippen LogP contribution in [-0.4, -0.2) is 24.5 Å². The third-order valence-corrected chi connectivity index (χ3v) is 3.43. The lowest BCUT2D eigenvalue weighted by molar-refractivity contribution is 0.976. The summed E-state index contributed by atoms with van der Waals surface area (Å²) < 4.78 is 1.89. The Hall–Kier alpha value is -3.08. The fourth-order valence-electron chi connectivity index (χ4n) is 2.33. The summed E-state index contributed by atoms with van der Waals surface area (Å²) in [6.45, 7) is 1.97. The van der Waals surface area contributed by atoms with Gasteiger partial charge in [0.05, 0.1) is 17.2 Å². The molecule has 0 saturated carbocycles. The van der Waals surface area contributed by atoms with Crippen molar-refractivity contribution in [2.45, 2.75) is 6.92 Å². The fraction of sp³-hybridized carbons (Fsp3) is 0.0588. The van der Waals surface area contributed by atoms with Crippen LogP contribution in [0.2, 0.25) is 0 Å². The lowest BCUT2D eigenvalue weighted by atomic mass is 10.3. The number of pyridine rings is 1. The molecule has 5 nitrogen and oxygen atoms in total. The molecule has 5 heteroatoms. The van der Waals surface area contributed by atoms with Gasteiger partial charge in [-0.15, -0.1) is 0 Å². The molecule has 0 spiro atoms. The van der Waals surface area contributed by atoms with E-state index < -0.39 is 0 Å². The van der Waals surface area contributed by atoms with E-state index in [1.807, 2.05) is 60.2 Å². The molecule has 22 heavy (non-hydrogen) atoms. The van der Waals surface area contributed by atoms with Gasteiger partial charge in [0, 0.05) is 11.9 Å². The Labute approximate surface area is 127 Å². The summed E-state index contributed by atoms with van der Waals surface area (Å²) in [6, 6.07) is 13.7. The maximum Gasteiger partial charge on any atom is 0.138 e. The predicted molar refractivity (Wildman–Crippen MR) is 84.6 cm³/mol. The maximum atomic E-state index is 4.61. The highest BCUT2D eigenvalue weighted by atomic mass is 15.1. The number of nitrogens with zero attached hydrogens (tertiary/aromatic N) is 5. The molecule has 4 rings (SSSR count). The summed E-state index contributed by atoms with van der Waals surface area (Å²) in [7, 11) is 0. The van der Waals surface area contributed by atoms with Crippen molar-refractivity contribution in [1.82, 2.24) is 24.5 Å². The van der Waals surface area contributed by atoms with E-state index in [1.165, 1.54) is 0 Å². The normalized spacial score (nSPS) is 11.0. The summed E-state index contributed by atoms with van der Waals surface area (Å²) in [5.41, 5.74) is 4.25. The number of para-hydroxylation sites is 2. The molecule has 0 radical (unpaired) electrons. The van der Waals surface area contributed by atoms with Crippen molar-refractivity contribution in [3.63, 3.8) is 0 Å². The van der Waals surface area contributed by atoms with Gasteiger partial charge in [-0.1, -0.05) is 18.2 Å². The Morgan fingerprint density at radius 1 is 0.818 bits per heavy atom. The van der Waals surface area contributed by atoms with Crippen molar-refractivity contribution in [3.05, 3.63) is 66.9 Å². The van der Waals surface area contributed by atoms with Gasteiger partial charge < -0.3 is 0 Å². The number of aryl methyl sites for hydroxylation is 1. The molecular formula is C17H13N5. The van der Waals surface area contributed by atoms with Gasteiger partial charge in [0.1, 0.15) is 23.5 Å². The molecule has 106 valence electrons. The topological polar surface area (TPSA) is 56.5 Å². The molecule has 3 aromatic heterocycles. The third kappa shape index (κ3) is 2.22. The van der Waals surface area contributed by atoms with Crippen LogP contribution in [0.4, 0.5) is 0 Å². The molecule has 0 aliphatic carbocycles. The van der Waals surface area contributed by atoms with Gasteiger partial charge in [0.25, 0.3) is 0 Å². The van der Waals surface area contributed by atoms with E-state index >= 15 is 0 Å². The van der Waals surface area contributed by atoms with E-state index in [-0.39, 0.29) is 0 Å². The Morgan fingerprint density at radius 2 is 1.68 bits per heavy atom. The van der Waals surface area contributed by atoms with Crippen molar-refractivity contribution in [3.8, 4) is 17.2 Å². The minimum absolute atomic E-state index is 0.755. The number of imidazole rings is 1. The highest BCUT2D eigenvalue weighted by molar-refractivity contribution is 5.76. The number of hydrogen-bond donors (Lipinski definition) is 0. The number of hydrogen-bond acceptors (Lipinski definition) is 4. The van der Waals surface area contributed by atoms with Crippen LogP contribution in [0.1, 0.15) is 5.69 Å². The SMILES string of the molecule is Cc1cccc(-n2cnc(-c3cnc4ccccc4n3)c2)n1. The first-order chi connectivity index (χ1) is 10.8. The molecule has 0 amide bonds. The molecule has 0 N–H and O–H groups in total. The first-order valence-electron chi connectivity index (χ1n) is 7.00. The van der Waals surface area contributed by atoms with Gasteiger partial charge in [-0.05, 0) is 31.2 Å². The summed E-state index contributed by atoms with van der Waals surface area (Å²) in [4.78, 5) is 17.9. The molecule has 0 fully saturated rings. The second-order valence-electron chi connectivity index (χ2n) is 5.05. The molecule has 0 atom stereocenters. The van der Waals surface area contributed by atoms with Crippen molar-refractivity contribution in [1.29, 1.82) is 0 Å². The van der Waals surface area contributed by atoms with E-state index in [0.29, 0.717) is 0 Å². The summed E-state index contributed by atoms with van der Waals surface area (Å²) in [5.74, 6) is 0.840. The number of aromatic nitrogens is 5. The fourth-order valence-corrected chi connectivity index (χ4v) is 2.33. The third-order valence-electron chi connectivity index (χ3n) is 3.43. The minimum Gasteiger partial charge on any atom is -0.290 e. The second-order valence-corrected chi connectivity index (χ2v) is 5.05. The van der Waals surface area contributed by atoms with Gasteiger partial charge in [0.15, 0.2) is 0 Å². The van der Waals surface area contributed by atoms with Crippen molar-refractivity contribution >= 4 is 11.0 Å². The van der Waals surface area contributed by atoms with E-state index in [0.717, 1.165) is 33.9 Å². The van der Waals surface area contributed by atoms with Crippen LogP contribution in [-0.2, 0) is 0 Å². The highest BCUT2D eigenvalue weighted by Gasteiger charge is 2.07. The zero-order chi connectivity index (χ0) is 14.9. The van der Waals surface area contributed by atoms with Crippen LogP contribution in [0.3, 0.4) is 0 Å². The van der Waals surface area contributed by atoms with Crippen LogP contribution in [0.15, 0.2) is 61.2 Å². The Kier molecular flexibility index (Phi) is 2.89. The molecule has 1 aromatic carbocycles. The lowest BCUT2D eigenvalue weighted by Crippen LogP contribution is -1.95. The number of benzene rings is 1. The van der Waals surface area contributed by atoms with Gasteiger partial charge >= 0.3 is 0 Å². The second kappa shape index (κ2) is 5.04. The molecule has 0 aliphatic rings. The van der Waals surface area contributed by atoms with Crippen LogP contribution in [0.5, 0.6) is 0 Å². The molecule has 0 aliphatic heterocycles. The first-order valence-corrected chi connectivity index (χ1v) is 7.00. The number of fused-ring (bicyclic) bond motifs is 1. The Bertz CT molecular complexity index is 958. The number of rotatable bonds is 2. The van der Waals surface area contributed by atoms with Crippen molar-refractivity contribution < 1.29 is 0 Å². The Balaban J connectivity index is 1.76. The van der Waals surface area contributed by atoms with E-state index in [2.05, 4.69) is 19.9 Å².